The lowest BCUT2D eigenvalue weighted by molar-refractivity contribution is -0.406. The maximum absolute atomic E-state index is 12.9. The van der Waals surface area contributed by atoms with Crippen LogP contribution in [0.1, 0.15) is 59.8 Å². The number of thioether (sulfide) groups is 1. The molecule has 2 heterocycles. The van der Waals surface area contributed by atoms with Crippen molar-refractivity contribution in [3.05, 3.63) is 0 Å². The van der Waals surface area contributed by atoms with Crippen LogP contribution in [0.3, 0.4) is 0 Å². The van der Waals surface area contributed by atoms with Crippen molar-refractivity contribution in [2.45, 2.75) is 88.9 Å². The van der Waals surface area contributed by atoms with Gasteiger partial charge in [0.2, 0.25) is 17.5 Å². The van der Waals surface area contributed by atoms with Crippen LogP contribution >= 0.6 is 11.8 Å². The molecule has 2 aliphatic rings. The van der Waals surface area contributed by atoms with E-state index in [1.54, 1.807) is 0 Å². The third-order valence-electron chi connectivity index (χ3n) is 5.95. The van der Waals surface area contributed by atoms with E-state index in [2.05, 4.69) is 24.5 Å². The molecule has 0 aromatic rings. The van der Waals surface area contributed by atoms with Gasteiger partial charge in [-0.1, -0.05) is 34.1 Å². The van der Waals surface area contributed by atoms with Crippen LogP contribution in [0.4, 0.5) is 0 Å². The average Bonchev–Trinajstić information content (AvgIpc) is 3.09. The second-order valence-corrected chi connectivity index (χ2v) is 10.1. The van der Waals surface area contributed by atoms with E-state index in [0.717, 1.165) is 25.8 Å². The normalized spacial score (nSPS) is 34.0. The van der Waals surface area contributed by atoms with Crippen molar-refractivity contribution < 1.29 is 24.9 Å². The minimum Gasteiger partial charge on any atom is -0.361 e. The number of carbonyl (C=O) groups excluding carboxylic acids is 1. The monoisotopic (exact) mass is 418 g/mol. The maximum atomic E-state index is 12.9. The lowest BCUT2D eigenvalue weighted by Crippen LogP contribution is -2.71. The lowest BCUT2D eigenvalue weighted by atomic mass is 9.85. The molecule has 8 heteroatoms. The summed E-state index contributed by atoms with van der Waals surface area (Å²) < 4.78 is 5.69. The minimum absolute atomic E-state index is 0.0208. The van der Waals surface area contributed by atoms with Crippen molar-refractivity contribution in [1.82, 2.24) is 10.6 Å². The standard InChI is InChI=1S/C20H38N2O5S/c1-12(2)6-7-14-10-15(21-11-14)18(23)22-17(13(3)4)20(26)19(24,25)9-8-16(27-20)28-5/h12-17,21,24-26H,6-11H2,1-5H3,(H,22,23). The number of aliphatic hydroxyl groups is 3. The van der Waals surface area contributed by atoms with Gasteiger partial charge in [0.1, 0.15) is 5.44 Å². The molecule has 0 aromatic heterocycles. The van der Waals surface area contributed by atoms with Gasteiger partial charge in [-0.15, -0.1) is 11.8 Å². The van der Waals surface area contributed by atoms with Gasteiger partial charge in [-0.05, 0) is 49.8 Å². The predicted octanol–water partition coefficient (Wildman–Crippen LogP) is 1.41. The number of amides is 1. The summed E-state index contributed by atoms with van der Waals surface area (Å²) in [7, 11) is 0. The van der Waals surface area contributed by atoms with E-state index in [9.17, 15) is 20.1 Å². The van der Waals surface area contributed by atoms with E-state index in [-0.39, 0.29) is 29.7 Å². The van der Waals surface area contributed by atoms with Crippen LogP contribution in [-0.2, 0) is 9.53 Å². The van der Waals surface area contributed by atoms with Gasteiger partial charge in [-0.3, -0.25) is 4.79 Å². The van der Waals surface area contributed by atoms with Gasteiger partial charge in [-0.25, -0.2) is 0 Å². The van der Waals surface area contributed by atoms with Gasteiger partial charge in [0, 0.05) is 6.42 Å². The van der Waals surface area contributed by atoms with Crippen molar-refractivity contribution >= 4 is 17.7 Å². The molecule has 5 atom stereocenters. The first-order valence-electron chi connectivity index (χ1n) is 10.4. The Bertz CT molecular complexity index is 531. The van der Waals surface area contributed by atoms with Crippen molar-refractivity contribution in [2.24, 2.45) is 17.8 Å². The zero-order valence-electron chi connectivity index (χ0n) is 17.8. The molecule has 0 aliphatic carbocycles. The van der Waals surface area contributed by atoms with Crippen molar-refractivity contribution in [1.29, 1.82) is 0 Å². The molecular weight excluding hydrogens is 380 g/mol. The van der Waals surface area contributed by atoms with E-state index in [1.807, 2.05) is 20.1 Å². The quantitative estimate of drug-likeness (QED) is 0.379. The molecule has 0 spiro atoms. The summed E-state index contributed by atoms with van der Waals surface area (Å²) in [6.45, 7) is 8.83. The van der Waals surface area contributed by atoms with E-state index >= 15 is 0 Å². The Morgan fingerprint density at radius 1 is 1.29 bits per heavy atom. The Kier molecular flexibility index (Phi) is 8.21. The molecule has 5 N–H and O–H groups in total. The SMILES string of the molecule is CSC1CCC(O)(O)C(O)(C(NC(=O)C2CC(CCC(C)C)CN2)C(C)C)O1. The molecule has 1 amide bonds. The van der Waals surface area contributed by atoms with Crippen molar-refractivity contribution in [2.75, 3.05) is 12.8 Å². The van der Waals surface area contributed by atoms with Gasteiger partial charge in [0.15, 0.2) is 0 Å². The number of ether oxygens (including phenoxy) is 1. The Hall–Kier alpha value is -0.380. The molecule has 0 saturated carbocycles. The smallest absolute Gasteiger partial charge is 0.243 e. The van der Waals surface area contributed by atoms with Gasteiger partial charge in [0.05, 0.1) is 12.1 Å². The zero-order valence-corrected chi connectivity index (χ0v) is 18.6. The van der Waals surface area contributed by atoms with E-state index in [0.29, 0.717) is 18.3 Å². The highest BCUT2D eigenvalue weighted by Gasteiger charge is 2.60. The van der Waals surface area contributed by atoms with Gasteiger partial charge in [-0.2, -0.15) is 0 Å². The Balaban J connectivity index is 2.07. The number of nitrogens with one attached hydrogen (secondary N) is 2. The van der Waals surface area contributed by atoms with Crippen LogP contribution in [0, 0.1) is 17.8 Å². The third-order valence-corrected chi connectivity index (χ3v) is 6.81. The second kappa shape index (κ2) is 9.62. The lowest BCUT2D eigenvalue weighted by Gasteiger charge is -2.50. The first-order valence-corrected chi connectivity index (χ1v) is 11.7. The summed E-state index contributed by atoms with van der Waals surface area (Å²) in [6, 6.07) is -1.28. The largest absolute Gasteiger partial charge is 0.361 e. The second-order valence-electron chi connectivity index (χ2n) is 9.10. The first kappa shape index (κ1) is 23.9. The zero-order chi connectivity index (χ0) is 21.1. The van der Waals surface area contributed by atoms with Gasteiger partial charge >= 0.3 is 0 Å². The fourth-order valence-electron chi connectivity index (χ4n) is 4.11. The molecule has 2 saturated heterocycles. The fourth-order valence-corrected chi connectivity index (χ4v) is 4.70. The fraction of sp³-hybridized carbons (Fsp3) is 0.950. The number of hydrogen-bond acceptors (Lipinski definition) is 7. The molecule has 0 aromatic carbocycles. The number of hydrogen-bond donors (Lipinski definition) is 5. The van der Waals surface area contributed by atoms with Crippen LogP contribution in [0.25, 0.3) is 0 Å². The molecule has 0 bridgehead atoms. The molecule has 7 nitrogen and oxygen atoms in total. The molecule has 0 radical (unpaired) electrons. The summed E-state index contributed by atoms with van der Waals surface area (Å²) in [6.07, 6.45) is 5.20. The average molecular weight is 419 g/mol. The third kappa shape index (κ3) is 5.40. The molecule has 2 fully saturated rings. The summed E-state index contributed by atoms with van der Waals surface area (Å²) in [4.78, 5) is 12.9. The van der Waals surface area contributed by atoms with Crippen LogP contribution in [0.5, 0.6) is 0 Å². The van der Waals surface area contributed by atoms with Gasteiger partial charge in [0.25, 0.3) is 0 Å². The van der Waals surface area contributed by atoms with Crippen LogP contribution in [0.2, 0.25) is 0 Å². The minimum atomic E-state index is -2.43. The molecule has 28 heavy (non-hydrogen) atoms. The molecular formula is C20H38N2O5S. The van der Waals surface area contributed by atoms with E-state index in [4.69, 9.17) is 4.74 Å². The van der Waals surface area contributed by atoms with Crippen LogP contribution < -0.4 is 10.6 Å². The first-order chi connectivity index (χ1) is 13.0. The Labute approximate surface area is 173 Å². The van der Waals surface area contributed by atoms with E-state index < -0.39 is 17.6 Å². The topological polar surface area (TPSA) is 111 Å². The highest BCUT2D eigenvalue weighted by molar-refractivity contribution is 7.99. The molecule has 164 valence electrons. The summed E-state index contributed by atoms with van der Waals surface area (Å²) in [5, 5.41) is 38.2. The van der Waals surface area contributed by atoms with Crippen molar-refractivity contribution in [3.8, 4) is 0 Å². The molecule has 5 unspecified atom stereocenters. The van der Waals surface area contributed by atoms with Crippen molar-refractivity contribution in [3.63, 3.8) is 0 Å². The predicted molar refractivity (Wildman–Crippen MR) is 110 cm³/mol. The van der Waals surface area contributed by atoms with Crippen LogP contribution in [-0.4, -0.2) is 63.1 Å². The number of carbonyl (C=O) groups is 1. The molecule has 2 aliphatic heterocycles. The summed E-state index contributed by atoms with van der Waals surface area (Å²) in [5.74, 6) is -4.08. The Morgan fingerprint density at radius 2 is 1.96 bits per heavy atom. The maximum Gasteiger partial charge on any atom is 0.243 e. The summed E-state index contributed by atoms with van der Waals surface area (Å²) >= 11 is 1.40. The highest BCUT2D eigenvalue weighted by Crippen LogP contribution is 2.41. The summed E-state index contributed by atoms with van der Waals surface area (Å²) in [5.41, 5.74) is -0.361. The van der Waals surface area contributed by atoms with E-state index in [1.165, 1.54) is 11.8 Å². The number of rotatable bonds is 8. The molecule has 2 rings (SSSR count). The highest BCUT2D eigenvalue weighted by atomic mass is 32.2. The van der Waals surface area contributed by atoms with Crippen LogP contribution in [0.15, 0.2) is 0 Å². The Morgan fingerprint density at radius 3 is 2.54 bits per heavy atom. The van der Waals surface area contributed by atoms with Gasteiger partial charge < -0.3 is 30.7 Å².